The molecule has 1 aromatic carbocycles. The van der Waals surface area contributed by atoms with E-state index < -0.39 is 0 Å². The SMILES string of the molecule is CCNCc1sc(-c2ccccc2)nc1COC. The molecule has 0 radical (unpaired) electrons. The van der Waals surface area contributed by atoms with E-state index in [0.29, 0.717) is 6.61 Å². The molecular formula is C14H18N2OS. The van der Waals surface area contributed by atoms with Crippen LogP contribution in [0.3, 0.4) is 0 Å². The van der Waals surface area contributed by atoms with E-state index in [1.54, 1.807) is 18.4 Å². The Morgan fingerprint density at radius 2 is 2.06 bits per heavy atom. The number of nitrogens with one attached hydrogen (secondary N) is 1. The lowest BCUT2D eigenvalue weighted by atomic mass is 10.2. The average Bonchev–Trinajstić information content (AvgIpc) is 2.81. The maximum absolute atomic E-state index is 5.21. The van der Waals surface area contributed by atoms with Gasteiger partial charge < -0.3 is 10.1 Å². The molecule has 0 bridgehead atoms. The summed E-state index contributed by atoms with van der Waals surface area (Å²) in [6.45, 7) is 4.50. The van der Waals surface area contributed by atoms with Crippen LogP contribution in [0.5, 0.6) is 0 Å². The third kappa shape index (κ3) is 3.16. The monoisotopic (exact) mass is 262 g/mol. The molecule has 0 spiro atoms. The van der Waals surface area contributed by atoms with Crippen molar-refractivity contribution in [1.82, 2.24) is 10.3 Å². The molecule has 2 rings (SSSR count). The molecular weight excluding hydrogens is 244 g/mol. The number of nitrogens with zero attached hydrogens (tertiary/aromatic N) is 1. The lowest BCUT2D eigenvalue weighted by Gasteiger charge is -2.00. The number of hydrogen-bond acceptors (Lipinski definition) is 4. The molecule has 2 aromatic rings. The Kier molecular flexibility index (Phi) is 4.87. The fraction of sp³-hybridized carbons (Fsp3) is 0.357. The minimum absolute atomic E-state index is 0.573. The summed E-state index contributed by atoms with van der Waals surface area (Å²) in [6.07, 6.45) is 0. The van der Waals surface area contributed by atoms with Crippen LogP contribution in [-0.4, -0.2) is 18.6 Å². The molecule has 0 aliphatic carbocycles. The number of rotatable bonds is 6. The standard InChI is InChI=1S/C14H18N2OS/c1-3-15-9-13-12(10-17-2)16-14(18-13)11-7-5-4-6-8-11/h4-8,15H,3,9-10H2,1-2H3. The summed E-state index contributed by atoms with van der Waals surface area (Å²) in [7, 11) is 1.71. The molecule has 1 N–H and O–H groups in total. The van der Waals surface area contributed by atoms with Crippen LogP contribution in [0.4, 0.5) is 0 Å². The normalized spacial score (nSPS) is 10.8. The van der Waals surface area contributed by atoms with E-state index in [0.717, 1.165) is 23.8 Å². The Morgan fingerprint density at radius 1 is 1.28 bits per heavy atom. The number of hydrogen-bond donors (Lipinski definition) is 1. The molecule has 0 aliphatic rings. The minimum Gasteiger partial charge on any atom is -0.378 e. The van der Waals surface area contributed by atoms with Crippen LogP contribution in [-0.2, 0) is 17.9 Å². The maximum atomic E-state index is 5.21. The molecule has 3 nitrogen and oxygen atoms in total. The summed E-state index contributed by atoms with van der Waals surface area (Å²) in [5.74, 6) is 0. The summed E-state index contributed by atoms with van der Waals surface area (Å²) in [4.78, 5) is 5.94. The largest absolute Gasteiger partial charge is 0.378 e. The van der Waals surface area contributed by atoms with E-state index in [9.17, 15) is 0 Å². The second-order valence-electron chi connectivity index (χ2n) is 3.97. The molecule has 1 aromatic heterocycles. The molecule has 1 heterocycles. The summed E-state index contributed by atoms with van der Waals surface area (Å²) in [5.41, 5.74) is 2.21. The number of benzene rings is 1. The Hall–Kier alpha value is -1.23. The van der Waals surface area contributed by atoms with E-state index >= 15 is 0 Å². The van der Waals surface area contributed by atoms with Gasteiger partial charge in [-0.3, -0.25) is 0 Å². The zero-order valence-electron chi connectivity index (χ0n) is 10.8. The number of ether oxygens (including phenoxy) is 1. The molecule has 0 saturated carbocycles. The van der Waals surface area contributed by atoms with Gasteiger partial charge in [0.2, 0.25) is 0 Å². The fourth-order valence-corrected chi connectivity index (χ4v) is 2.75. The van der Waals surface area contributed by atoms with Gasteiger partial charge >= 0.3 is 0 Å². The van der Waals surface area contributed by atoms with Crippen molar-refractivity contribution in [2.45, 2.75) is 20.1 Å². The summed E-state index contributed by atoms with van der Waals surface area (Å²) >= 11 is 1.74. The van der Waals surface area contributed by atoms with Crippen LogP contribution in [0, 0.1) is 0 Å². The molecule has 0 atom stereocenters. The average molecular weight is 262 g/mol. The predicted octanol–water partition coefficient (Wildman–Crippen LogP) is 3.07. The molecule has 0 unspecified atom stereocenters. The van der Waals surface area contributed by atoms with Crippen molar-refractivity contribution in [3.63, 3.8) is 0 Å². The highest BCUT2D eigenvalue weighted by atomic mass is 32.1. The Labute approximate surface area is 112 Å². The van der Waals surface area contributed by atoms with Gasteiger partial charge in [-0.2, -0.15) is 0 Å². The third-order valence-electron chi connectivity index (χ3n) is 2.62. The van der Waals surface area contributed by atoms with Crippen molar-refractivity contribution in [2.24, 2.45) is 0 Å². The molecule has 0 fully saturated rings. The van der Waals surface area contributed by atoms with Crippen LogP contribution < -0.4 is 5.32 Å². The molecule has 18 heavy (non-hydrogen) atoms. The van der Waals surface area contributed by atoms with Crippen LogP contribution in [0.1, 0.15) is 17.5 Å². The third-order valence-corrected chi connectivity index (χ3v) is 3.76. The van der Waals surface area contributed by atoms with E-state index in [2.05, 4.69) is 29.4 Å². The highest BCUT2D eigenvalue weighted by Gasteiger charge is 2.11. The minimum atomic E-state index is 0.573. The van der Waals surface area contributed by atoms with Crippen LogP contribution in [0.2, 0.25) is 0 Å². The van der Waals surface area contributed by atoms with Gasteiger partial charge in [-0.25, -0.2) is 4.98 Å². The van der Waals surface area contributed by atoms with Gasteiger partial charge in [0.25, 0.3) is 0 Å². The molecule has 0 aliphatic heterocycles. The molecule has 4 heteroatoms. The van der Waals surface area contributed by atoms with Gasteiger partial charge in [0.1, 0.15) is 5.01 Å². The van der Waals surface area contributed by atoms with Crippen molar-refractivity contribution >= 4 is 11.3 Å². The fourth-order valence-electron chi connectivity index (χ4n) is 1.71. The van der Waals surface area contributed by atoms with E-state index in [1.807, 2.05) is 18.2 Å². The van der Waals surface area contributed by atoms with E-state index in [4.69, 9.17) is 4.74 Å². The van der Waals surface area contributed by atoms with Gasteiger partial charge in [0, 0.05) is 24.1 Å². The Morgan fingerprint density at radius 3 is 2.72 bits per heavy atom. The lowest BCUT2D eigenvalue weighted by Crippen LogP contribution is -2.12. The van der Waals surface area contributed by atoms with Gasteiger partial charge in [0.05, 0.1) is 12.3 Å². The molecule has 96 valence electrons. The Bertz CT molecular complexity index is 482. The first-order chi connectivity index (χ1) is 8.85. The van der Waals surface area contributed by atoms with Gasteiger partial charge in [-0.15, -0.1) is 11.3 Å². The van der Waals surface area contributed by atoms with Crippen molar-refractivity contribution < 1.29 is 4.74 Å². The number of aromatic nitrogens is 1. The first-order valence-corrected chi connectivity index (χ1v) is 6.90. The smallest absolute Gasteiger partial charge is 0.124 e. The first kappa shape index (κ1) is 13.2. The summed E-state index contributed by atoms with van der Waals surface area (Å²) < 4.78 is 5.21. The quantitative estimate of drug-likeness (QED) is 0.868. The summed E-state index contributed by atoms with van der Waals surface area (Å²) in [5, 5.41) is 4.41. The molecule has 0 saturated heterocycles. The van der Waals surface area contributed by atoms with E-state index in [1.165, 1.54) is 10.4 Å². The van der Waals surface area contributed by atoms with Crippen molar-refractivity contribution in [1.29, 1.82) is 0 Å². The van der Waals surface area contributed by atoms with Crippen LogP contribution >= 0.6 is 11.3 Å². The van der Waals surface area contributed by atoms with E-state index in [-0.39, 0.29) is 0 Å². The first-order valence-electron chi connectivity index (χ1n) is 6.08. The van der Waals surface area contributed by atoms with Gasteiger partial charge in [-0.1, -0.05) is 37.3 Å². The number of methoxy groups -OCH3 is 1. The highest BCUT2D eigenvalue weighted by molar-refractivity contribution is 7.15. The second kappa shape index (κ2) is 6.64. The maximum Gasteiger partial charge on any atom is 0.124 e. The van der Waals surface area contributed by atoms with Crippen molar-refractivity contribution in [2.75, 3.05) is 13.7 Å². The van der Waals surface area contributed by atoms with Gasteiger partial charge in [0.15, 0.2) is 0 Å². The zero-order valence-corrected chi connectivity index (χ0v) is 11.6. The highest BCUT2D eigenvalue weighted by Crippen LogP contribution is 2.28. The van der Waals surface area contributed by atoms with Crippen molar-refractivity contribution in [3.8, 4) is 10.6 Å². The summed E-state index contributed by atoms with van der Waals surface area (Å²) in [6, 6.07) is 10.3. The zero-order chi connectivity index (χ0) is 12.8. The topological polar surface area (TPSA) is 34.2 Å². The second-order valence-corrected chi connectivity index (χ2v) is 5.05. The lowest BCUT2D eigenvalue weighted by molar-refractivity contribution is 0.181. The Balaban J connectivity index is 2.27. The predicted molar refractivity (Wildman–Crippen MR) is 75.6 cm³/mol. The van der Waals surface area contributed by atoms with Crippen LogP contribution in [0.25, 0.3) is 10.6 Å². The van der Waals surface area contributed by atoms with Crippen molar-refractivity contribution in [3.05, 3.63) is 40.9 Å². The van der Waals surface area contributed by atoms with Crippen LogP contribution in [0.15, 0.2) is 30.3 Å². The molecule has 0 amide bonds. The number of thiazole rings is 1. The van der Waals surface area contributed by atoms with Gasteiger partial charge in [-0.05, 0) is 6.54 Å².